The summed E-state index contributed by atoms with van der Waals surface area (Å²) in [6.07, 6.45) is 6.27. The molecule has 2 rings (SSSR count). The third-order valence-corrected chi connectivity index (χ3v) is 4.08. The SMILES string of the molecule is CCCCCCC1CNc2c(Br)cc(F)cc21. The van der Waals surface area contributed by atoms with Gasteiger partial charge in [0, 0.05) is 16.9 Å². The Balaban J connectivity index is 2.01. The van der Waals surface area contributed by atoms with Crippen LogP contribution in [0.4, 0.5) is 10.1 Å². The summed E-state index contributed by atoms with van der Waals surface area (Å²) in [5, 5.41) is 3.37. The van der Waals surface area contributed by atoms with Crippen molar-refractivity contribution >= 4 is 21.6 Å². The Morgan fingerprint density at radius 1 is 1.35 bits per heavy atom. The molecular weight excluding hydrogens is 281 g/mol. The summed E-state index contributed by atoms with van der Waals surface area (Å²) in [7, 11) is 0. The summed E-state index contributed by atoms with van der Waals surface area (Å²) in [4.78, 5) is 0. The van der Waals surface area contributed by atoms with Crippen LogP contribution in [-0.2, 0) is 0 Å². The first kappa shape index (κ1) is 12.9. The minimum absolute atomic E-state index is 0.141. The highest BCUT2D eigenvalue weighted by Gasteiger charge is 2.24. The molecule has 0 amide bonds. The van der Waals surface area contributed by atoms with Gasteiger partial charge in [0.25, 0.3) is 0 Å². The molecule has 94 valence electrons. The van der Waals surface area contributed by atoms with Gasteiger partial charge in [0.05, 0.1) is 5.69 Å². The van der Waals surface area contributed by atoms with Gasteiger partial charge in [-0.15, -0.1) is 0 Å². The largest absolute Gasteiger partial charge is 0.383 e. The van der Waals surface area contributed by atoms with Crippen LogP contribution >= 0.6 is 15.9 Å². The molecule has 0 aromatic heterocycles. The predicted octanol–water partition coefficient (Wildman–Crippen LogP) is 5.07. The fourth-order valence-electron chi connectivity index (χ4n) is 2.51. The second-order valence-corrected chi connectivity index (χ2v) is 5.63. The molecule has 1 aromatic rings. The first-order chi connectivity index (χ1) is 8.22. The summed E-state index contributed by atoms with van der Waals surface area (Å²) in [6.45, 7) is 3.17. The summed E-state index contributed by atoms with van der Waals surface area (Å²) in [5.41, 5.74) is 2.24. The van der Waals surface area contributed by atoms with Gasteiger partial charge in [-0.05, 0) is 40.0 Å². The molecule has 0 radical (unpaired) electrons. The lowest BCUT2D eigenvalue weighted by atomic mass is 9.95. The van der Waals surface area contributed by atoms with E-state index >= 15 is 0 Å². The van der Waals surface area contributed by atoms with Crippen LogP contribution < -0.4 is 5.32 Å². The van der Waals surface area contributed by atoms with E-state index in [4.69, 9.17) is 0 Å². The molecule has 1 aliphatic heterocycles. The Morgan fingerprint density at radius 2 is 2.18 bits per heavy atom. The molecule has 1 unspecified atom stereocenters. The van der Waals surface area contributed by atoms with Crippen molar-refractivity contribution in [2.24, 2.45) is 0 Å². The second kappa shape index (κ2) is 5.85. The van der Waals surface area contributed by atoms with Gasteiger partial charge < -0.3 is 5.32 Å². The molecule has 0 saturated heterocycles. The number of hydrogen-bond donors (Lipinski definition) is 1. The maximum Gasteiger partial charge on any atom is 0.124 e. The van der Waals surface area contributed by atoms with Crippen molar-refractivity contribution in [3.8, 4) is 0 Å². The fourth-order valence-corrected chi connectivity index (χ4v) is 3.10. The van der Waals surface area contributed by atoms with Crippen LogP contribution in [0.2, 0.25) is 0 Å². The average Bonchev–Trinajstić information content (AvgIpc) is 2.68. The van der Waals surface area contributed by atoms with Crippen molar-refractivity contribution in [2.45, 2.75) is 44.9 Å². The molecule has 0 saturated carbocycles. The topological polar surface area (TPSA) is 12.0 Å². The Hall–Kier alpha value is -0.570. The highest BCUT2D eigenvalue weighted by atomic mass is 79.9. The van der Waals surface area contributed by atoms with E-state index in [2.05, 4.69) is 28.2 Å². The number of nitrogens with one attached hydrogen (secondary N) is 1. The van der Waals surface area contributed by atoms with Crippen molar-refractivity contribution in [3.05, 3.63) is 28.0 Å². The van der Waals surface area contributed by atoms with Crippen molar-refractivity contribution < 1.29 is 4.39 Å². The van der Waals surface area contributed by atoms with Crippen molar-refractivity contribution in [1.82, 2.24) is 0 Å². The Morgan fingerprint density at radius 3 is 2.94 bits per heavy atom. The fraction of sp³-hybridized carbons (Fsp3) is 0.571. The van der Waals surface area contributed by atoms with Gasteiger partial charge in [0.2, 0.25) is 0 Å². The van der Waals surface area contributed by atoms with Gasteiger partial charge in [0.15, 0.2) is 0 Å². The van der Waals surface area contributed by atoms with E-state index in [1.165, 1.54) is 31.7 Å². The smallest absolute Gasteiger partial charge is 0.124 e. The van der Waals surface area contributed by atoms with Crippen LogP contribution in [0.25, 0.3) is 0 Å². The number of halogens is 2. The molecule has 1 heterocycles. The van der Waals surface area contributed by atoms with Crippen LogP contribution in [0, 0.1) is 5.82 Å². The van der Waals surface area contributed by atoms with Crippen LogP contribution in [-0.4, -0.2) is 6.54 Å². The van der Waals surface area contributed by atoms with Crippen molar-refractivity contribution in [1.29, 1.82) is 0 Å². The third-order valence-electron chi connectivity index (χ3n) is 3.46. The summed E-state index contributed by atoms with van der Waals surface area (Å²) in [6, 6.07) is 3.22. The van der Waals surface area contributed by atoms with Gasteiger partial charge in [-0.3, -0.25) is 0 Å². The summed E-state index contributed by atoms with van der Waals surface area (Å²) >= 11 is 3.42. The molecule has 17 heavy (non-hydrogen) atoms. The van der Waals surface area contributed by atoms with Crippen molar-refractivity contribution in [3.63, 3.8) is 0 Å². The van der Waals surface area contributed by atoms with E-state index in [9.17, 15) is 4.39 Å². The Labute approximate surface area is 111 Å². The minimum Gasteiger partial charge on any atom is -0.383 e. The molecular formula is C14H19BrFN. The normalized spacial score (nSPS) is 17.9. The number of benzene rings is 1. The molecule has 3 heteroatoms. The maximum atomic E-state index is 13.4. The van der Waals surface area contributed by atoms with E-state index in [1.807, 2.05) is 0 Å². The molecule has 1 aromatic carbocycles. The first-order valence-corrected chi connectivity index (χ1v) is 7.24. The molecule has 1 aliphatic rings. The van der Waals surface area contributed by atoms with E-state index in [-0.39, 0.29) is 5.82 Å². The standard InChI is InChI=1S/C14H19BrFN/c1-2-3-4-5-6-10-9-17-14-12(10)7-11(16)8-13(14)15/h7-8,10,17H,2-6,9H2,1H3. The first-order valence-electron chi connectivity index (χ1n) is 6.45. The lowest BCUT2D eigenvalue weighted by Gasteiger charge is -2.10. The predicted molar refractivity (Wildman–Crippen MR) is 74.1 cm³/mol. The van der Waals surface area contributed by atoms with Crippen LogP contribution in [0.15, 0.2) is 16.6 Å². The van der Waals surface area contributed by atoms with Gasteiger partial charge in [-0.2, -0.15) is 0 Å². The lowest BCUT2D eigenvalue weighted by Crippen LogP contribution is -2.01. The number of fused-ring (bicyclic) bond motifs is 1. The molecule has 0 spiro atoms. The number of anilines is 1. The summed E-state index contributed by atoms with van der Waals surface area (Å²) in [5.74, 6) is 0.340. The molecule has 1 nitrogen and oxygen atoms in total. The minimum atomic E-state index is -0.141. The second-order valence-electron chi connectivity index (χ2n) is 4.78. The highest BCUT2D eigenvalue weighted by molar-refractivity contribution is 9.10. The number of rotatable bonds is 5. The molecule has 1 atom stereocenters. The van der Waals surface area contributed by atoms with E-state index in [1.54, 1.807) is 6.07 Å². The maximum absolute atomic E-state index is 13.4. The Kier molecular flexibility index (Phi) is 4.43. The van der Waals surface area contributed by atoms with Crippen LogP contribution in [0.3, 0.4) is 0 Å². The lowest BCUT2D eigenvalue weighted by molar-refractivity contribution is 0.573. The number of hydrogen-bond acceptors (Lipinski definition) is 1. The van der Waals surface area contributed by atoms with Crippen LogP contribution in [0.1, 0.15) is 50.5 Å². The average molecular weight is 300 g/mol. The quantitative estimate of drug-likeness (QED) is 0.749. The van der Waals surface area contributed by atoms with E-state index < -0.39 is 0 Å². The van der Waals surface area contributed by atoms with E-state index in [0.29, 0.717) is 5.92 Å². The van der Waals surface area contributed by atoms with Gasteiger partial charge in [-0.25, -0.2) is 4.39 Å². The zero-order valence-corrected chi connectivity index (χ0v) is 11.8. The molecule has 0 fully saturated rings. The molecule has 0 bridgehead atoms. The zero-order chi connectivity index (χ0) is 12.3. The van der Waals surface area contributed by atoms with Gasteiger partial charge >= 0.3 is 0 Å². The Bertz CT molecular complexity index is 392. The van der Waals surface area contributed by atoms with Gasteiger partial charge in [0.1, 0.15) is 5.82 Å². The number of unbranched alkanes of at least 4 members (excludes halogenated alkanes) is 3. The van der Waals surface area contributed by atoms with Crippen molar-refractivity contribution in [2.75, 3.05) is 11.9 Å². The third kappa shape index (κ3) is 3.01. The monoisotopic (exact) mass is 299 g/mol. The molecule has 1 N–H and O–H groups in total. The summed E-state index contributed by atoms with van der Waals surface area (Å²) < 4.78 is 14.2. The molecule has 0 aliphatic carbocycles. The zero-order valence-electron chi connectivity index (χ0n) is 10.2. The van der Waals surface area contributed by atoms with E-state index in [0.717, 1.165) is 28.7 Å². The highest BCUT2D eigenvalue weighted by Crippen LogP contribution is 2.40. The van der Waals surface area contributed by atoms with Crippen LogP contribution in [0.5, 0.6) is 0 Å². The van der Waals surface area contributed by atoms with Gasteiger partial charge in [-0.1, -0.05) is 32.6 Å².